The SMILES string of the molecule is Cc1csc([C@@H]2CCCN(Cc3ccc(-c4ccccc4C(=O)O)o3)C2)n1. The molecule has 0 saturated carbocycles. The topological polar surface area (TPSA) is 66.6 Å². The van der Waals surface area contributed by atoms with Crippen LogP contribution < -0.4 is 0 Å². The third kappa shape index (κ3) is 3.96. The van der Waals surface area contributed by atoms with Gasteiger partial charge in [-0.25, -0.2) is 9.78 Å². The third-order valence-electron chi connectivity index (χ3n) is 4.96. The molecule has 140 valence electrons. The van der Waals surface area contributed by atoms with Gasteiger partial charge >= 0.3 is 5.97 Å². The highest BCUT2D eigenvalue weighted by atomic mass is 32.1. The van der Waals surface area contributed by atoms with Crippen LogP contribution in [0.2, 0.25) is 0 Å². The molecular weight excluding hydrogens is 360 g/mol. The maximum absolute atomic E-state index is 11.4. The predicted octanol–water partition coefficient (Wildman–Crippen LogP) is 4.79. The number of hydrogen-bond acceptors (Lipinski definition) is 5. The van der Waals surface area contributed by atoms with Crippen molar-refractivity contribution in [3.8, 4) is 11.3 Å². The lowest BCUT2D eigenvalue weighted by Crippen LogP contribution is -2.33. The van der Waals surface area contributed by atoms with E-state index in [9.17, 15) is 9.90 Å². The summed E-state index contributed by atoms with van der Waals surface area (Å²) in [5.74, 6) is 1.01. The number of aryl methyl sites for hydroxylation is 1. The Hall–Kier alpha value is -2.44. The summed E-state index contributed by atoms with van der Waals surface area (Å²) in [5.41, 5.74) is 1.97. The molecule has 1 N–H and O–H groups in total. The summed E-state index contributed by atoms with van der Waals surface area (Å²) in [6, 6.07) is 10.8. The minimum Gasteiger partial charge on any atom is -0.478 e. The molecular formula is C21H22N2O3S. The smallest absolute Gasteiger partial charge is 0.336 e. The average molecular weight is 382 g/mol. The molecule has 1 fully saturated rings. The van der Waals surface area contributed by atoms with E-state index in [-0.39, 0.29) is 5.56 Å². The Bertz CT molecular complexity index is 946. The first kappa shape index (κ1) is 17.9. The number of thiazole rings is 1. The number of rotatable bonds is 5. The van der Waals surface area contributed by atoms with Crippen LogP contribution >= 0.6 is 11.3 Å². The Kier molecular flexibility index (Phi) is 5.09. The standard InChI is InChI=1S/C21H22N2O3S/c1-14-13-27-20(22-14)15-5-4-10-23(11-15)12-16-8-9-19(26-16)17-6-2-3-7-18(17)21(24)25/h2-3,6-9,13,15H,4-5,10-12H2,1H3,(H,24,25)/t15-/m1/s1. The number of carboxylic acids is 1. The molecule has 3 heterocycles. The van der Waals surface area contributed by atoms with Crippen LogP contribution in [0.15, 0.2) is 46.2 Å². The molecule has 1 saturated heterocycles. The molecule has 0 unspecified atom stereocenters. The summed E-state index contributed by atoms with van der Waals surface area (Å²) < 4.78 is 5.99. The van der Waals surface area contributed by atoms with Gasteiger partial charge in [0.2, 0.25) is 0 Å². The summed E-state index contributed by atoms with van der Waals surface area (Å²) in [5, 5.41) is 12.7. The lowest BCUT2D eigenvalue weighted by Gasteiger charge is -2.31. The molecule has 0 amide bonds. The first-order valence-electron chi connectivity index (χ1n) is 9.16. The molecule has 3 aromatic rings. The minimum absolute atomic E-state index is 0.260. The molecule has 1 atom stereocenters. The zero-order valence-electron chi connectivity index (χ0n) is 15.2. The molecule has 1 aliphatic heterocycles. The average Bonchev–Trinajstić information content (AvgIpc) is 3.31. The number of furan rings is 1. The minimum atomic E-state index is -0.943. The van der Waals surface area contributed by atoms with Gasteiger partial charge in [-0.05, 0) is 44.5 Å². The molecule has 2 aromatic heterocycles. The predicted molar refractivity (Wildman–Crippen MR) is 105 cm³/mol. The van der Waals surface area contributed by atoms with Gasteiger partial charge in [-0.2, -0.15) is 0 Å². The van der Waals surface area contributed by atoms with Crippen molar-refractivity contribution < 1.29 is 14.3 Å². The van der Waals surface area contributed by atoms with Gasteiger partial charge in [0.05, 0.1) is 17.1 Å². The molecule has 27 heavy (non-hydrogen) atoms. The van der Waals surface area contributed by atoms with Crippen LogP contribution in [-0.2, 0) is 6.54 Å². The fraction of sp³-hybridized carbons (Fsp3) is 0.333. The Morgan fingerprint density at radius 1 is 1.33 bits per heavy atom. The van der Waals surface area contributed by atoms with Crippen molar-refractivity contribution in [1.82, 2.24) is 9.88 Å². The van der Waals surface area contributed by atoms with Gasteiger partial charge in [0.1, 0.15) is 11.5 Å². The van der Waals surface area contributed by atoms with Crippen molar-refractivity contribution >= 4 is 17.3 Å². The van der Waals surface area contributed by atoms with Gasteiger partial charge in [0.15, 0.2) is 0 Å². The van der Waals surface area contributed by atoms with E-state index in [4.69, 9.17) is 4.42 Å². The maximum Gasteiger partial charge on any atom is 0.336 e. The number of nitrogens with zero attached hydrogens (tertiary/aromatic N) is 2. The van der Waals surface area contributed by atoms with E-state index in [1.165, 1.54) is 11.4 Å². The summed E-state index contributed by atoms with van der Waals surface area (Å²) >= 11 is 1.75. The number of benzene rings is 1. The summed E-state index contributed by atoms with van der Waals surface area (Å²) in [6.45, 7) is 4.80. The van der Waals surface area contributed by atoms with E-state index < -0.39 is 5.97 Å². The number of aromatic nitrogens is 1. The highest BCUT2D eigenvalue weighted by Crippen LogP contribution is 2.31. The number of carbonyl (C=O) groups is 1. The summed E-state index contributed by atoms with van der Waals surface area (Å²) in [7, 11) is 0. The van der Waals surface area contributed by atoms with Crippen LogP contribution in [0.25, 0.3) is 11.3 Å². The molecule has 5 nitrogen and oxygen atoms in total. The van der Waals surface area contributed by atoms with E-state index in [0.29, 0.717) is 17.2 Å². The number of aromatic carboxylic acids is 1. The molecule has 0 spiro atoms. The number of carboxylic acid groups (broad SMARTS) is 1. The quantitative estimate of drug-likeness (QED) is 0.687. The second-order valence-electron chi connectivity index (χ2n) is 7.02. The highest BCUT2D eigenvalue weighted by Gasteiger charge is 2.24. The fourth-order valence-corrected chi connectivity index (χ4v) is 4.60. The normalized spacial score (nSPS) is 17.9. The molecule has 1 aliphatic rings. The first-order valence-corrected chi connectivity index (χ1v) is 10.0. The van der Waals surface area contributed by atoms with Gasteiger partial charge < -0.3 is 9.52 Å². The van der Waals surface area contributed by atoms with Crippen molar-refractivity contribution in [1.29, 1.82) is 0 Å². The number of piperidine rings is 1. The monoisotopic (exact) mass is 382 g/mol. The van der Waals surface area contributed by atoms with E-state index >= 15 is 0 Å². The van der Waals surface area contributed by atoms with Gasteiger partial charge in [-0.15, -0.1) is 11.3 Å². The molecule has 4 rings (SSSR count). The maximum atomic E-state index is 11.4. The van der Waals surface area contributed by atoms with Crippen molar-refractivity contribution in [3.05, 3.63) is 63.8 Å². The highest BCUT2D eigenvalue weighted by molar-refractivity contribution is 7.09. The van der Waals surface area contributed by atoms with Crippen LogP contribution in [0.1, 0.15) is 45.6 Å². The van der Waals surface area contributed by atoms with Gasteiger partial charge in [0.25, 0.3) is 0 Å². The largest absolute Gasteiger partial charge is 0.478 e. The second-order valence-corrected chi connectivity index (χ2v) is 7.91. The molecule has 6 heteroatoms. The lowest BCUT2D eigenvalue weighted by molar-refractivity contribution is 0.0697. The van der Waals surface area contributed by atoms with Gasteiger partial charge in [-0.1, -0.05) is 18.2 Å². The van der Waals surface area contributed by atoms with E-state index in [1.807, 2.05) is 25.1 Å². The zero-order chi connectivity index (χ0) is 18.8. The lowest BCUT2D eigenvalue weighted by atomic mass is 9.98. The second kappa shape index (κ2) is 7.66. The van der Waals surface area contributed by atoms with E-state index in [2.05, 4.69) is 15.3 Å². The molecule has 0 radical (unpaired) electrons. The van der Waals surface area contributed by atoms with Crippen LogP contribution in [-0.4, -0.2) is 34.0 Å². The Balaban J connectivity index is 1.47. The van der Waals surface area contributed by atoms with Crippen LogP contribution in [0, 0.1) is 6.92 Å². The molecule has 0 bridgehead atoms. The van der Waals surface area contributed by atoms with Crippen molar-refractivity contribution in [2.45, 2.75) is 32.2 Å². The van der Waals surface area contributed by atoms with E-state index in [1.54, 1.807) is 29.5 Å². The fourth-order valence-electron chi connectivity index (χ4n) is 3.67. The molecule has 1 aromatic carbocycles. The Labute approximate surface area is 162 Å². The van der Waals surface area contributed by atoms with E-state index in [0.717, 1.165) is 37.5 Å². The Morgan fingerprint density at radius 3 is 2.96 bits per heavy atom. The third-order valence-corrected chi connectivity index (χ3v) is 6.08. The number of hydrogen-bond donors (Lipinski definition) is 1. The Morgan fingerprint density at radius 2 is 2.19 bits per heavy atom. The van der Waals surface area contributed by atoms with Crippen LogP contribution in [0.3, 0.4) is 0 Å². The van der Waals surface area contributed by atoms with Gasteiger partial charge in [0, 0.05) is 29.1 Å². The zero-order valence-corrected chi connectivity index (χ0v) is 16.0. The van der Waals surface area contributed by atoms with Crippen molar-refractivity contribution in [3.63, 3.8) is 0 Å². The van der Waals surface area contributed by atoms with Crippen LogP contribution in [0.5, 0.6) is 0 Å². The van der Waals surface area contributed by atoms with Crippen LogP contribution in [0.4, 0.5) is 0 Å². The van der Waals surface area contributed by atoms with Crippen molar-refractivity contribution in [2.24, 2.45) is 0 Å². The summed E-state index contributed by atoms with van der Waals surface area (Å²) in [4.78, 5) is 18.5. The molecule has 0 aliphatic carbocycles. The number of likely N-dealkylation sites (tertiary alicyclic amines) is 1. The first-order chi connectivity index (χ1) is 13.1. The summed E-state index contributed by atoms with van der Waals surface area (Å²) in [6.07, 6.45) is 2.33. The van der Waals surface area contributed by atoms with Crippen molar-refractivity contribution in [2.75, 3.05) is 13.1 Å². The van der Waals surface area contributed by atoms with Gasteiger partial charge in [-0.3, -0.25) is 4.90 Å².